The number of hydrogen-bond donors (Lipinski definition) is 1. The summed E-state index contributed by atoms with van der Waals surface area (Å²) in [5.74, 6) is 1.69. The molecule has 2 heterocycles. The highest BCUT2D eigenvalue weighted by molar-refractivity contribution is 7.11. The molecule has 0 spiro atoms. The minimum absolute atomic E-state index is 0.678. The van der Waals surface area contributed by atoms with Crippen molar-refractivity contribution >= 4 is 11.3 Å². The van der Waals surface area contributed by atoms with E-state index >= 15 is 0 Å². The fourth-order valence-electron chi connectivity index (χ4n) is 2.76. The van der Waals surface area contributed by atoms with E-state index in [2.05, 4.69) is 30.9 Å². The van der Waals surface area contributed by atoms with Crippen LogP contribution in [0.1, 0.15) is 30.0 Å². The summed E-state index contributed by atoms with van der Waals surface area (Å²) in [6.45, 7) is 9.02. The van der Waals surface area contributed by atoms with Crippen LogP contribution in [0, 0.1) is 11.8 Å². The van der Waals surface area contributed by atoms with Crippen molar-refractivity contribution in [1.29, 1.82) is 0 Å². The second-order valence-electron chi connectivity index (χ2n) is 5.21. The lowest BCUT2D eigenvalue weighted by molar-refractivity contribution is 0.135. The fraction of sp³-hybridized carbons (Fsp3) is 0.692. The Balaban J connectivity index is 1.93. The van der Waals surface area contributed by atoms with Crippen LogP contribution in [0.2, 0.25) is 0 Å². The molecule has 0 radical (unpaired) electrons. The largest absolute Gasteiger partial charge is 0.326 e. The summed E-state index contributed by atoms with van der Waals surface area (Å²) in [7, 11) is 0. The lowest BCUT2D eigenvalue weighted by Gasteiger charge is -2.34. The number of likely N-dealkylation sites (tertiary alicyclic amines) is 1. The monoisotopic (exact) mass is 238 g/mol. The van der Waals surface area contributed by atoms with E-state index in [4.69, 9.17) is 5.73 Å². The van der Waals surface area contributed by atoms with Crippen LogP contribution >= 0.6 is 11.3 Å². The molecule has 16 heavy (non-hydrogen) atoms. The number of rotatable bonds is 3. The molecule has 1 fully saturated rings. The predicted octanol–water partition coefficient (Wildman–Crippen LogP) is 2.68. The van der Waals surface area contributed by atoms with E-state index < -0.39 is 0 Å². The Bertz CT molecular complexity index is 324. The maximum absolute atomic E-state index is 5.64. The molecule has 2 atom stereocenters. The summed E-state index contributed by atoms with van der Waals surface area (Å²) in [5, 5.41) is 0. The van der Waals surface area contributed by atoms with E-state index in [-0.39, 0.29) is 0 Å². The van der Waals surface area contributed by atoms with Gasteiger partial charge in [0.05, 0.1) is 0 Å². The van der Waals surface area contributed by atoms with Gasteiger partial charge in [-0.15, -0.1) is 11.3 Å². The van der Waals surface area contributed by atoms with Crippen molar-refractivity contribution in [3.05, 3.63) is 21.9 Å². The van der Waals surface area contributed by atoms with Gasteiger partial charge in [0.15, 0.2) is 0 Å². The van der Waals surface area contributed by atoms with Crippen molar-refractivity contribution in [1.82, 2.24) is 4.90 Å². The first-order valence-corrected chi connectivity index (χ1v) is 6.99. The van der Waals surface area contributed by atoms with Crippen molar-refractivity contribution < 1.29 is 0 Å². The molecule has 0 bridgehead atoms. The first-order chi connectivity index (χ1) is 7.67. The third-order valence-corrected chi connectivity index (χ3v) is 4.33. The normalized spacial score (nSPS) is 27.2. The van der Waals surface area contributed by atoms with E-state index in [1.807, 2.05) is 11.3 Å². The average molecular weight is 238 g/mol. The van der Waals surface area contributed by atoms with Gasteiger partial charge < -0.3 is 5.73 Å². The maximum Gasteiger partial charge on any atom is 0.0328 e. The third-order valence-electron chi connectivity index (χ3n) is 3.24. The Kier molecular flexibility index (Phi) is 4.00. The van der Waals surface area contributed by atoms with Gasteiger partial charge in [-0.25, -0.2) is 0 Å². The molecule has 2 nitrogen and oxygen atoms in total. The van der Waals surface area contributed by atoms with Crippen LogP contribution in [0.15, 0.2) is 12.1 Å². The SMILES string of the molecule is CC1CC(C)CN(Cc2ccc(CN)s2)C1. The average Bonchev–Trinajstić information content (AvgIpc) is 2.64. The van der Waals surface area contributed by atoms with Crippen LogP contribution in [0.5, 0.6) is 0 Å². The number of hydrogen-bond acceptors (Lipinski definition) is 3. The van der Waals surface area contributed by atoms with Crippen molar-refractivity contribution in [2.24, 2.45) is 17.6 Å². The molecule has 2 N–H and O–H groups in total. The van der Waals surface area contributed by atoms with Gasteiger partial charge in [0.1, 0.15) is 0 Å². The first-order valence-electron chi connectivity index (χ1n) is 6.17. The zero-order valence-corrected chi connectivity index (χ0v) is 11.1. The third kappa shape index (κ3) is 3.06. The van der Waals surface area contributed by atoms with Crippen molar-refractivity contribution in [3.63, 3.8) is 0 Å². The Labute approximate surface area is 102 Å². The second kappa shape index (κ2) is 5.30. The van der Waals surface area contributed by atoms with Crippen LogP contribution in [-0.4, -0.2) is 18.0 Å². The summed E-state index contributed by atoms with van der Waals surface area (Å²) in [6, 6.07) is 4.40. The van der Waals surface area contributed by atoms with E-state index in [1.54, 1.807) is 0 Å². The lowest BCUT2D eigenvalue weighted by Crippen LogP contribution is -2.37. The summed E-state index contributed by atoms with van der Waals surface area (Å²) >= 11 is 1.86. The quantitative estimate of drug-likeness (QED) is 0.877. The smallest absolute Gasteiger partial charge is 0.0328 e. The van der Waals surface area contributed by atoms with Crippen molar-refractivity contribution in [2.45, 2.75) is 33.4 Å². The van der Waals surface area contributed by atoms with Crippen LogP contribution < -0.4 is 5.73 Å². The molecular weight excluding hydrogens is 216 g/mol. The first kappa shape index (κ1) is 12.1. The van der Waals surface area contributed by atoms with Gasteiger partial charge in [0.25, 0.3) is 0 Å². The summed E-state index contributed by atoms with van der Waals surface area (Å²) in [5.41, 5.74) is 5.64. The maximum atomic E-state index is 5.64. The van der Waals surface area contributed by atoms with Gasteiger partial charge in [-0.05, 0) is 30.4 Å². The molecule has 3 heteroatoms. The van der Waals surface area contributed by atoms with Crippen molar-refractivity contribution in [3.8, 4) is 0 Å². The van der Waals surface area contributed by atoms with Gasteiger partial charge in [0, 0.05) is 35.9 Å². The molecular formula is C13H22N2S. The van der Waals surface area contributed by atoms with Crippen LogP contribution in [-0.2, 0) is 13.1 Å². The molecule has 1 saturated heterocycles. The Morgan fingerprint density at radius 3 is 2.44 bits per heavy atom. The molecule has 2 rings (SSSR count). The molecule has 1 aliphatic heterocycles. The van der Waals surface area contributed by atoms with Gasteiger partial charge in [-0.2, -0.15) is 0 Å². The highest BCUT2D eigenvalue weighted by atomic mass is 32.1. The van der Waals surface area contributed by atoms with Gasteiger partial charge in [0.2, 0.25) is 0 Å². The minimum Gasteiger partial charge on any atom is -0.326 e. The van der Waals surface area contributed by atoms with Gasteiger partial charge >= 0.3 is 0 Å². The Morgan fingerprint density at radius 2 is 1.88 bits per heavy atom. The molecule has 1 aliphatic rings. The second-order valence-corrected chi connectivity index (χ2v) is 6.47. The van der Waals surface area contributed by atoms with E-state index in [0.29, 0.717) is 6.54 Å². The molecule has 1 aromatic rings. The van der Waals surface area contributed by atoms with Gasteiger partial charge in [-0.3, -0.25) is 4.90 Å². The number of nitrogens with zero attached hydrogens (tertiary/aromatic N) is 1. The number of nitrogens with two attached hydrogens (primary N) is 1. The van der Waals surface area contributed by atoms with E-state index in [9.17, 15) is 0 Å². The topological polar surface area (TPSA) is 29.3 Å². The van der Waals surface area contributed by atoms with Crippen LogP contribution in [0.25, 0.3) is 0 Å². The molecule has 0 saturated carbocycles. The van der Waals surface area contributed by atoms with E-state index in [1.165, 1.54) is 29.3 Å². The molecule has 0 amide bonds. The highest BCUT2D eigenvalue weighted by Crippen LogP contribution is 2.24. The standard InChI is InChI=1S/C13H22N2S/c1-10-5-11(2)8-15(7-10)9-13-4-3-12(6-14)16-13/h3-4,10-11H,5-9,14H2,1-2H3. The zero-order valence-electron chi connectivity index (χ0n) is 10.3. The summed E-state index contributed by atoms with van der Waals surface area (Å²) < 4.78 is 0. The minimum atomic E-state index is 0.678. The number of thiophene rings is 1. The number of piperidine rings is 1. The molecule has 0 aromatic carbocycles. The predicted molar refractivity (Wildman–Crippen MR) is 70.4 cm³/mol. The van der Waals surface area contributed by atoms with Crippen molar-refractivity contribution in [2.75, 3.05) is 13.1 Å². The fourth-order valence-corrected chi connectivity index (χ4v) is 3.70. The lowest BCUT2D eigenvalue weighted by atomic mass is 9.92. The summed E-state index contributed by atoms with van der Waals surface area (Å²) in [4.78, 5) is 5.35. The van der Waals surface area contributed by atoms with Gasteiger partial charge in [-0.1, -0.05) is 13.8 Å². The van der Waals surface area contributed by atoms with E-state index in [0.717, 1.165) is 18.4 Å². The molecule has 0 aliphatic carbocycles. The molecule has 1 aromatic heterocycles. The Morgan fingerprint density at radius 1 is 1.25 bits per heavy atom. The van der Waals surface area contributed by atoms with Crippen LogP contribution in [0.3, 0.4) is 0 Å². The molecule has 90 valence electrons. The molecule has 2 unspecified atom stereocenters. The Hall–Kier alpha value is -0.380. The zero-order chi connectivity index (χ0) is 11.5. The highest BCUT2D eigenvalue weighted by Gasteiger charge is 2.21. The summed E-state index contributed by atoms with van der Waals surface area (Å²) in [6.07, 6.45) is 1.38. The van der Waals surface area contributed by atoms with Crippen LogP contribution in [0.4, 0.5) is 0 Å².